The number of unbranched alkanes of at least 4 members (excludes halogenated alkanes) is 66. The molecule has 0 fully saturated rings. The van der Waals surface area contributed by atoms with Gasteiger partial charge in [0.1, 0.15) is 31.5 Å². The lowest BCUT2D eigenvalue weighted by Crippen LogP contribution is -2.46. The Balaban J connectivity index is 5.37. The van der Waals surface area contributed by atoms with Crippen molar-refractivity contribution < 1.29 is 86.0 Å². The molecular formula is C123H236N3O15+3. The summed E-state index contributed by atoms with van der Waals surface area (Å²) in [5, 5.41) is 34.0. The number of carbonyl (C=O) groups is 6. The van der Waals surface area contributed by atoms with Crippen molar-refractivity contribution in [2.45, 2.75) is 624 Å². The van der Waals surface area contributed by atoms with Gasteiger partial charge in [-0.2, -0.15) is 0 Å². The van der Waals surface area contributed by atoms with E-state index in [1.807, 2.05) is 18.2 Å². The summed E-state index contributed by atoms with van der Waals surface area (Å²) in [5.74, 6) is -1.90. The molecule has 0 aromatic heterocycles. The Labute approximate surface area is 871 Å². The van der Waals surface area contributed by atoms with Gasteiger partial charge in [0.05, 0.1) is 80.2 Å². The molecule has 0 heterocycles. The third-order valence-electron chi connectivity index (χ3n) is 29.0. The van der Waals surface area contributed by atoms with E-state index in [9.17, 15) is 44.1 Å². The molecule has 18 heteroatoms. The van der Waals surface area contributed by atoms with Gasteiger partial charge < -0.3 is 57.2 Å². The van der Waals surface area contributed by atoms with Gasteiger partial charge in [0.15, 0.2) is 25.7 Å². The second-order valence-electron chi connectivity index (χ2n) is 45.2. The number of aliphatic hydroxyl groups excluding tert-OH is 3. The molecule has 0 amide bonds. The molecular weight excluding hydrogens is 1760 g/mol. The summed E-state index contributed by atoms with van der Waals surface area (Å²) < 4.78 is 37.2. The number of quaternary nitrogens is 3. The summed E-state index contributed by atoms with van der Waals surface area (Å²) >= 11 is 0. The maximum atomic E-state index is 13.4. The van der Waals surface area contributed by atoms with Crippen LogP contribution < -0.4 is 0 Å². The lowest BCUT2D eigenvalue weighted by Gasteiger charge is -2.30. The molecule has 0 saturated heterocycles. The molecule has 0 bridgehead atoms. The van der Waals surface area contributed by atoms with Crippen LogP contribution in [0.3, 0.4) is 0 Å². The van der Waals surface area contributed by atoms with Crippen molar-refractivity contribution in [1.82, 2.24) is 0 Å². The summed E-state index contributed by atoms with van der Waals surface area (Å²) in [6.07, 6.45) is 100. The number of ether oxygens (including phenoxy) is 6. The van der Waals surface area contributed by atoms with Crippen LogP contribution in [0.15, 0.2) is 36.5 Å². The van der Waals surface area contributed by atoms with Gasteiger partial charge in [-0.15, -0.1) is 0 Å². The first-order valence-electron chi connectivity index (χ1n) is 60.9. The largest absolute Gasteiger partial charge is 0.462 e. The number of aliphatic hydroxyl groups is 3. The van der Waals surface area contributed by atoms with E-state index in [2.05, 4.69) is 102 Å². The fourth-order valence-corrected chi connectivity index (χ4v) is 19.5. The smallest absolute Gasteiger partial charge is 0.362 e. The molecule has 0 aliphatic carbocycles. The highest BCUT2D eigenvalue weighted by atomic mass is 16.6. The van der Waals surface area contributed by atoms with Crippen LogP contribution in [-0.4, -0.2) is 202 Å². The molecule has 18 nitrogen and oxygen atoms in total. The number of nitrogens with zero attached hydrogens (tertiary/aromatic N) is 3. The molecule has 141 heavy (non-hydrogen) atoms. The first-order chi connectivity index (χ1) is 68.4. The fourth-order valence-electron chi connectivity index (χ4n) is 19.5. The number of allylic oxidation sites excluding steroid dienone is 3. The van der Waals surface area contributed by atoms with Gasteiger partial charge in [-0.1, -0.05) is 444 Å². The predicted molar refractivity (Wildman–Crippen MR) is 594 cm³/mol. The van der Waals surface area contributed by atoms with Crippen LogP contribution in [0.25, 0.3) is 0 Å². The van der Waals surface area contributed by atoms with Crippen molar-refractivity contribution >= 4 is 35.8 Å². The molecule has 0 rings (SSSR count). The van der Waals surface area contributed by atoms with Crippen molar-refractivity contribution in [1.29, 1.82) is 0 Å². The fraction of sp³-hybridized carbons (Fsp3) is 0.902. The Morgan fingerprint density at radius 2 is 0.397 bits per heavy atom. The van der Waals surface area contributed by atoms with E-state index in [0.29, 0.717) is 90.9 Å². The van der Waals surface area contributed by atoms with E-state index in [1.165, 1.54) is 289 Å². The summed E-state index contributed by atoms with van der Waals surface area (Å²) in [7, 11) is 12.7. The highest BCUT2D eigenvalue weighted by Crippen LogP contribution is 2.26. The van der Waals surface area contributed by atoms with Gasteiger partial charge in [-0.3, -0.25) is 14.4 Å². The molecule has 0 aromatic rings. The van der Waals surface area contributed by atoms with Crippen LogP contribution >= 0.6 is 0 Å². The Morgan fingerprint density at radius 3 is 0.617 bits per heavy atom. The number of carbonyl (C=O) groups excluding carboxylic acids is 6. The second-order valence-corrected chi connectivity index (χ2v) is 45.2. The molecule has 0 aliphatic rings. The highest BCUT2D eigenvalue weighted by Gasteiger charge is 2.31. The maximum Gasteiger partial charge on any atom is 0.362 e. The van der Waals surface area contributed by atoms with Crippen molar-refractivity contribution in [2.75, 3.05) is 94.8 Å². The predicted octanol–water partition coefficient (Wildman–Crippen LogP) is 32.6. The standard InChI is InChI=1S/C123H236N3O15/c1-13-19-25-28-31-34-37-40-43-46-49-52-61-70-79-91-103-124(7,8)106-121(133)139-115(97-82-22-16-4)112(127)94-85-73-64-55-58-67-76-88-100-118(130)136-109-111(138-120(132)102-90-78-69-60-57-66-75-87-96-114(129)117(99-84-24-18-6)141-123(135)108-126(11,12)105-93-81-72-63-54-51-48-45-42-39-36-33-30-27-21-15-3)110-137-119(131)101-89-77-68-59-56-65-74-86-95-113(128)116(98-83-23-17-5)140-122(134)107-125(9,10)104-92-80-71-62-53-50-47-44-41-38-35-32-29-26-20-14-2/h73-75,85-87,111-117,127-129H,13-72,76-84,88-110H2,1-12H3/q+3/b85-73+,86-74+,87-75+. The topological polar surface area (TPSA) is 218 Å². The Kier molecular flexibility index (Phi) is 97.4. The number of hydrogen-bond acceptors (Lipinski definition) is 15. The zero-order valence-electron chi connectivity index (χ0n) is 95.1. The van der Waals surface area contributed by atoms with E-state index >= 15 is 0 Å². The third kappa shape index (κ3) is 95.2. The highest BCUT2D eigenvalue weighted by molar-refractivity contribution is 5.72. The van der Waals surface area contributed by atoms with Gasteiger partial charge in [-0.25, -0.2) is 14.4 Å². The normalized spacial score (nSPS) is 13.7. The molecule has 830 valence electrons. The zero-order chi connectivity index (χ0) is 104. The summed E-state index contributed by atoms with van der Waals surface area (Å²) in [6, 6.07) is 0. The van der Waals surface area contributed by atoms with Gasteiger partial charge >= 0.3 is 35.8 Å². The molecule has 0 aromatic carbocycles. The van der Waals surface area contributed by atoms with Crippen molar-refractivity contribution in [3.05, 3.63) is 36.5 Å². The SMILES string of the molecule is CCCCCCCCCCCCCCCCCC[N+](C)(C)CC(=O)OC(CCCCC)C(O)C/C=C/CCCCCCCC(=O)OCC(COC(=O)CCCCCCC/C=C/CC(O)C(CCCCC)OC(=O)C[N+](C)(C)CCCCCCCCCCCCCCCCCC)OC(=O)CCCCCCC/C=C/CC(O)C(CCCCC)OC(=O)C[N+](C)(C)CCCCCCCCCCCCCCCCCC. The number of likely N-dealkylation sites (N-methyl/N-ethyl adjacent to an activating group) is 3. The Bertz CT molecular complexity index is 2760. The van der Waals surface area contributed by atoms with Gasteiger partial charge in [0.2, 0.25) is 0 Å². The molecule has 6 atom stereocenters. The average molecular weight is 2000 g/mol. The van der Waals surface area contributed by atoms with Crippen LogP contribution in [0, 0.1) is 0 Å². The molecule has 0 saturated carbocycles. The van der Waals surface area contributed by atoms with Gasteiger partial charge in [-0.05, 0) is 154 Å². The quantitative estimate of drug-likeness (QED) is 0.0170. The maximum absolute atomic E-state index is 13.4. The van der Waals surface area contributed by atoms with Crippen LogP contribution in [0.5, 0.6) is 0 Å². The summed E-state index contributed by atoms with van der Waals surface area (Å²) in [5.41, 5.74) is 0. The minimum Gasteiger partial charge on any atom is -0.462 e. The zero-order valence-corrected chi connectivity index (χ0v) is 95.1. The minimum atomic E-state index is -0.934. The first kappa shape index (κ1) is 137. The van der Waals surface area contributed by atoms with E-state index < -0.39 is 48.7 Å². The number of rotatable bonds is 110. The lowest BCUT2D eigenvalue weighted by atomic mass is 10.0. The summed E-state index contributed by atoms with van der Waals surface area (Å²) in [4.78, 5) is 79.9. The molecule has 3 N–H and O–H groups in total. The Morgan fingerprint density at radius 1 is 0.213 bits per heavy atom. The van der Waals surface area contributed by atoms with Crippen LogP contribution in [0.2, 0.25) is 0 Å². The van der Waals surface area contributed by atoms with Crippen molar-refractivity contribution in [3.8, 4) is 0 Å². The van der Waals surface area contributed by atoms with E-state index in [0.717, 1.165) is 193 Å². The number of hydrogen-bond donors (Lipinski definition) is 3. The van der Waals surface area contributed by atoms with Crippen LogP contribution in [-0.2, 0) is 57.2 Å². The second kappa shape index (κ2) is 100. The van der Waals surface area contributed by atoms with E-state index in [4.69, 9.17) is 28.4 Å². The van der Waals surface area contributed by atoms with E-state index in [1.54, 1.807) is 0 Å². The monoisotopic (exact) mass is 2000 g/mol. The number of esters is 6. The van der Waals surface area contributed by atoms with Gasteiger partial charge in [0, 0.05) is 19.3 Å². The minimum absolute atomic E-state index is 0.190. The van der Waals surface area contributed by atoms with Crippen LogP contribution in [0.4, 0.5) is 0 Å². The first-order valence-corrected chi connectivity index (χ1v) is 60.9. The molecule has 0 spiro atoms. The third-order valence-corrected chi connectivity index (χ3v) is 29.0. The van der Waals surface area contributed by atoms with Crippen molar-refractivity contribution in [3.63, 3.8) is 0 Å². The van der Waals surface area contributed by atoms with E-state index in [-0.39, 0.29) is 62.3 Å². The molecule has 0 radical (unpaired) electrons. The van der Waals surface area contributed by atoms with Crippen LogP contribution in [0.1, 0.15) is 581 Å². The average Bonchev–Trinajstić information content (AvgIpc) is 0.893. The molecule has 6 unspecified atom stereocenters. The van der Waals surface area contributed by atoms with Gasteiger partial charge in [0.25, 0.3) is 0 Å². The summed E-state index contributed by atoms with van der Waals surface area (Å²) in [6.45, 7) is 16.6. The lowest BCUT2D eigenvalue weighted by molar-refractivity contribution is -0.883. The van der Waals surface area contributed by atoms with Crippen molar-refractivity contribution in [2.24, 2.45) is 0 Å². The Hall–Kier alpha value is -4.20. The molecule has 0 aliphatic heterocycles.